The second-order valence-electron chi connectivity index (χ2n) is 6.89. The molecule has 2 heterocycles. The van der Waals surface area contributed by atoms with Crippen LogP contribution in [0.4, 0.5) is 5.82 Å². The van der Waals surface area contributed by atoms with E-state index in [0.717, 1.165) is 0 Å². The van der Waals surface area contributed by atoms with Gasteiger partial charge in [0.2, 0.25) is 0 Å². The van der Waals surface area contributed by atoms with Crippen molar-refractivity contribution in [2.45, 2.75) is 31.9 Å². The summed E-state index contributed by atoms with van der Waals surface area (Å²) < 4.78 is 33.8. The van der Waals surface area contributed by atoms with Crippen molar-refractivity contribution in [2.24, 2.45) is 5.41 Å². The maximum atomic E-state index is 11.4. The van der Waals surface area contributed by atoms with Gasteiger partial charge in [-0.15, -0.1) is 0 Å². The Morgan fingerprint density at radius 1 is 1.25 bits per heavy atom. The molecular weight excluding hydrogens is 416 g/mol. The summed E-state index contributed by atoms with van der Waals surface area (Å²) in [5.74, 6) is 0.525. The summed E-state index contributed by atoms with van der Waals surface area (Å²) in [4.78, 5) is 49.1. The molecule has 0 spiro atoms. The van der Waals surface area contributed by atoms with Gasteiger partial charge in [-0.1, -0.05) is 6.92 Å². The Kier molecular flexibility index (Phi) is 5.65. The number of nitrogens with one attached hydrogen (secondary N) is 1. The topological polar surface area (TPSA) is 189 Å². The highest BCUT2D eigenvalue weighted by atomic mass is 31.2. The molecule has 0 aliphatic heterocycles. The van der Waals surface area contributed by atoms with Crippen LogP contribution in [0.5, 0.6) is 0 Å². The molecule has 0 aromatic carbocycles. The fourth-order valence-corrected chi connectivity index (χ4v) is 4.65. The molecule has 156 valence electrons. The lowest BCUT2D eigenvalue weighted by atomic mass is 9.87. The van der Waals surface area contributed by atoms with Crippen LogP contribution < -0.4 is 5.32 Å². The number of nitrogens with zero attached hydrogens (tertiary/aromatic N) is 4. The first-order chi connectivity index (χ1) is 12.9. The van der Waals surface area contributed by atoms with Crippen LogP contribution in [-0.4, -0.2) is 58.9 Å². The van der Waals surface area contributed by atoms with Gasteiger partial charge in [0.15, 0.2) is 11.5 Å². The fourth-order valence-electron chi connectivity index (χ4n) is 3.52. The van der Waals surface area contributed by atoms with Crippen molar-refractivity contribution in [1.82, 2.24) is 19.5 Å². The van der Waals surface area contributed by atoms with Crippen molar-refractivity contribution in [2.75, 3.05) is 19.0 Å². The normalized spacial score (nSPS) is 26.1. The first-order valence-corrected chi connectivity index (χ1v) is 11.3. The summed E-state index contributed by atoms with van der Waals surface area (Å²) in [5, 5.41) is 2.91. The van der Waals surface area contributed by atoms with Crippen LogP contribution in [0.3, 0.4) is 0 Å². The molecule has 3 atom stereocenters. The summed E-state index contributed by atoms with van der Waals surface area (Å²) in [6, 6.07) is -0.341. The minimum absolute atomic E-state index is 0.163. The fraction of sp³-hybridized carbons (Fsp3) is 0.615. The van der Waals surface area contributed by atoms with Crippen LogP contribution in [0, 0.1) is 5.41 Å². The Morgan fingerprint density at radius 2 is 1.96 bits per heavy atom. The molecule has 0 radical (unpaired) electrons. The second kappa shape index (κ2) is 7.43. The van der Waals surface area contributed by atoms with Crippen LogP contribution in [0.2, 0.25) is 0 Å². The Morgan fingerprint density at radius 3 is 2.57 bits per heavy atom. The van der Waals surface area contributed by atoms with E-state index in [1.54, 1.807) is 18.5 Å². The van der Waals surface area contributed by atoms with Gasteiger partial charge in [-0.3, -0.25) is 9.05 Å². The number of aromatic nitrogens is 4. The summed E-state index contributed by atoms with van der Waals surface area (Å²) in [5.41, 5.74) is -0.0282. The lowest BCUT2D eigenvalue weighted by molar-refractivity contribution is 0.0168. The molecule has 0 bridgehead atoms. The summed E-state index contributed by atoms with van der Waals surface area (Å²) in [6.07, 6.45) is 2.32. The number of rotatable bonds is 7. The van der Waals surface area contributed by atoms with Crippen LogP contribution in [0.1, 0.15) is 25.8 Å². The standard InChI is InChI=1S/C13H21N5O8P2/c1-13(5-25-27(19,20)21)4-8(3-9(13)26-28(22,23)24)18-7-17-10-11(14-2)15-6-16-12(10)18/h6-9H,3-5H2,1-2H3,(H,14,15,16)(H2,19,20,21)(H2,22,23,24)/t8-,9-,13+/m0/s1. The number of phosphoric ester groups is 2. The van der Waals surface area contributed by atoms with Crippen molar-refractivity contribution in [3.05, 3.63) is 12.7 Å². The molecule has 5 N–H and O–H groups in total. The van der Waals surface area contributed by atoms with Crippen LogP contribution in [0.25, 0.3) is 11.2 Å². The molecule has 2 aromatic heterocycles. The molecule has 0 saturated heterocycles. The first-order valence-electron chi connectivity index (χ1n) is 8.21. The summed E-state index contributed by atoms with van der Waals surface area (Å²) in [7, 11) is -7.91. The lowest BCUT2D eigenvalue weighted by Gasteiger charge is -2.30. The zero-order valence-electron chi connectivity index (χ0n) is 15.0. The molecule has 0 amide bonds. The van der Waals surface area contributed by atoms with E-state index in [1.165, 1.54) is 12.7 Å². The molecule has 13 nitrogen and oxygen atoms in total. The highest BCUT2D eigenvalue weighted by Gasteiger charge is 2.49. The third kappa shape index (κ3) is 4.58. The van der Waals surface area contributed by atoms with Gasteiger partial charge in [0, 0.05) is 18.5 Å². The van der Waals surface area contributed by atoms with Crippen LogP contribution >= 0.6 is 15.6 Å². The molecule has 15 heteroatoms. The molecule has 0 unspecified atom stereocenters. The van der Waals surface area contributed by atoms with Crippen molar-refractivity contribution in [3.8, 4) is 0 Å². The largest absolute Gasteiger partial charge is 0.469 e. The Labute approximate surface area is 159 Å². The third-order valence-electron chi connectivity index (χ3n) is 4.78. The van der Waals surface area contributed by atoms with Crippen molar-refractivity contribution in [1.29, 1.82) is 0 Å². The molecule has 1 aliphatic carbocycles. The molecule has 3 rings (SSSR count). The lowest BCUT2D eigenvalue weighted by Crippen LogP contribution is -2.33. The average molecular weight is 437 g/mol. The van der Waals surface area contributed by atoms with Gasteiger partial charge in [-0.25, -0.2) is 24.1 Å². The maximum absolute atomic E-state index is 11.4. The molecule has 1 fully saturated rings. The van der Waals surface area contributed by atoms with Gasteiger partial charge in [0.05, 0.1) is 19.0 Å². The van der Waals surface area contributed by atoms with Crippen molar-refractivity contribution < 1.29 is 37.8 Å². The van der Waals surface area contributed by atoms with E-state index in [1.807, 2.05) is 0 Å². The van der Waals surface area contributed by atoms with Gasteiger partial charge in [-0.2, -0.15) is 0 Å². The minimum atomic E-state index is -4.83. The van der Waals surface area contributed by atoms with E-state index < -0.39 is 33.8 Å². The molecular formula is C13H21N5O8P2. The van der Waals surface area contributed by atoms with E-state index in [9.17, 15) is 18.9 Å². The second-order valence-corrected chi connectivity index (χ2v) is 9.32. The number of hydrogen-bond donors (Lipinski definition) is 5. The first kappa shape index (κ1) is 21.3. The highest BCUT2D eigenvalue weighted by molar-refractivity contribution is 7.46. The average Bonchev–Trinajstić information content (AvgIpc) is 3.13. The summed E-state index contributed by atoms with van der Waals surface area (Å²) >= 11 is 0. The maximum Gasteiger partial charge on any atom is 0.469 e. The Balaban J connectivity index is 1.93. The van der Waals surface area contributed by atoms with E-state index >= 15 is 0 Å². The van der Waals surface area contributed by atoms with E-state index in [0.29, 0.717) is 17.0 Å². The number of hydrogen-bond acceptors (Lipinski definition) is 8. The van der Waals surface area contributed by atoms with E-state index in [4.69, 9.17) is 14.3 Å². The van der Waals surface area contributed by atoms with E-state index in [2.05, 4.69) is 24.8 Å². The smallest absolute Gasteiger partial charge is 0.371 e. The highest BCUT2D eigenvalue weighted by Crippen LogP contribution is 2.54. The van der Waals surface area contributed by atoms with Crippen molar-refractivity contribution in [3.63, 3.8) is 0 Å². The van der Waals surface area contributed by atoms with Gasteiger partial charge in [0.25, 0.3) is 0 Å². The van der Waals surface area contributed by atoms with Gasteiger partial charge < -0.3 is 29.5 Å². The molecule has 1 saturated carbocycles. The van der Waals surface area contributed by atoms with E-state index in [-0.39, 0.29) is 18.9 Å². The number of phosphoric acid groups is 2. The molecule has 2 aromatic rings. The molecule has 28 heavy (non-hydrogen) atoms. The van der Waals surface area contributed by atoms with Crippen molar-refractivity contribution >= 4 is 32.6 Å². The minimum Gasteiger partial charge on any atom is -0.371 e. The Bertz CT molecular complexity index is 958. The molecule has 1 aliphatic rings. The monoisotopic (exact) mass is 437 g/mol. The van der Waals surface area contributed by atoms with Crippen LogP contribution in [-0.2, 0) is 18.2 Å². The zero-order chi connectivity index (χ0) is 20.7. The zero-order valence-corrected chi connectivity index (χ0v) is 16.8. The van der Waals surface area contributed by atoms with Crippen LogP contribution in [0.15, 0.2) is 12.7 Å². The van der Waals surface area contributed by atoms with Gasteiger partial charge in [-0.05, 0) is 12.8 Å². The SMILES string of the molecule is CNc1ncnc2c1ncn2[C@H]1C[C@H](OP(=O)(O)O)[C@@](C)(COP(=O)(O)O)C1. The Hall–Kier alpha value is -1.43. The predicted molar refractivity (Wildman–Crippen MR) is 96.2 cm³/mol. The predicted octanol–water partition coefficient (Wildman–Crippen LogP) is 0.796. The van der Waals surface area contributed by atoms with Gasteiger partial charge >= 0.3 is 15.6 Å². The third-order valence-corrected chi connectivity index (χ3v) is 5.78. The number of imidazole rings is 1. The quantitative estimate of drug-likeness (QED) is 0.384. The summed E-state index contributed by atoms with van der Waals surface area (Å²) in [6.45, 7) is 1.15. The van der Waals surface area contributed by atoms with Gasteiger partial charge in [0.1, 0.15) is 11.8 Å². The number of fused-ring (bicyclic) bond motifs is 1. The number of anilines is 1.